The maximum absolute atomic E-state index is 11.2. The maximum Gasteiger partial charge on any atom is 0.220 e. The second-order valence-electron chi connectivity index (χ2n) is 4.14. The first kappa shape index (κ1) is 12.8. The van der Waals surface area contributed by atoms with Gasteiger partial charge < -0.3 is 5.32 Å². The van der Waals surface area contributed by atoms with E-state index in [1.807, 2.05) is 12.3 Å². The number of hydrogen-bond acceptors (Lipinski definition) is 3. The Morgan fingerprint density at radius 2 is 2.06 bits per heavy atom. The first-order valence-corrected chi connectivity index (χ1v) is 6.85. The van der Waals surface area contributed by atoms with Crippen molar-refractivity contribution in [3.8, 4) is 10.6 Å². The smallest absolute Gasteiger partial charge is 0.220 e. The molecule has 0 aliphatic rings. The molecule has 18 heavy (non-hydrogen) atoms. The molecule has 1 aromatic heterocycles. The third kappa shape index (κ3) is 3.17. The van der Waals surface area contributed by atoms with Gasteiger partial charge in [0.2, 0.25) is 5.91 Å². The van der Waals surface area contributed by atoms with Gasteiger partial charge in [0.05, 0.1) is 12.2 Å². The third-order valence-corrected chi connectivity index (χ3v) is 3.58. The summed E-state index contributed by atoms with van der Waals surface area (Å²) in [5.41, 5.74) is 3.28. The lowest BCUT2D eigenvalue weighted by atomic mass is 10.2. The van der Waals surface area contributed by atoms with Crippen LogP contribution in [0.25, 0.3) is 10.6 Å². The Kier molecular flexibility index (Phi) is 4.10. The fourth-order valence-corrected chi connectivity index (χ4v) is 2.36. The molecule has 94 valence electrons. The Labute approximate surface area is 111 Å². The Morgan fingerprint density at radius 1 is 1.33 bits per heavy atom. The van der Waals surface area contributed by atoms with Gasteiger partial charge >= 0.3 is 0 Å². The highest BCUT2D eigenvalue weighted by molar-refractivity contribution is 7.13. The Balaban J connectivity index is 2.06. The van der Waals surface area contributed by atoms with Gasteiger partial charge in [-0.15, -0.1) is 11.3 Å². The summed E-state index contributed by atoms with van der Waals surface area (Å²) in [5, 5.41) is 5.82. The van der Waals surface area contributed by atoms with Gasteiger partial charge in [0, 0.05) is 17.4 Å². The number of nitrogens with one attached hydrogen (secondary N) is 1. The molecule has 4 heteroatoms. The number of nitrogens with zero attached hydrogens (tertiary/aromatic N) is 1. The number of benzene rings is 1. The fraction of sp³-hybridized carbons (Fsp3) is 0.286. The zero-order valence-electron chi connectivity index (χ0n) is 10.6. The molecule has 1 N–H and O–H groups in total. The molecule has 0 fully saturated rings. The van der Waals surface area contributed by atoms with Crippen molar-refractivity contribution in [2.45, 2.75) is 26.8 Å². The molecule has 3 nitrogen and oxygen atoms in total. The van der Waals surface area contributed by atoms with Crippen molar-refractivity contribution in [3.63, 3.8) is 0 Å². The van der Waals surface area contributed by atoms with Crippen LogP contribution in [0, 0.1) is 6.92 Å². The zero-order valence-corrected chi connectivity index (χ0v) is 11.4. The van der Waals surface area contributed by atoms with Gasteiger partial charge in [-0.3, -0.25) is 4.79 Å². The Morgan fingerprint density at radius 3 is 2.72 bits per heavy atom. The van der Waals surface area contributed by atoms with Crippen molar-refractivity contribution >= 4 is 17.2 Å². The van der Waals surface area contributed by atoms with Crippen molar-refractivity contribution in [1.82, 2.24) is 10.3 Å². The van der Waals surface area contributed by atoms with Crippen molar-refractivity contribution in [3.05, 3.63) is 40.9 Å². The van der Waals surface area contributed by atoms with E-state index in [9.17, 15) is 4.79 Å². The molecular formula is C14H16N2OS. The van der Waals surface area contributed by atoms with Crippen LogP contribution in [0.1, 0.15) is 24.6 Å². The second kappa shape index (κ2) is 5.78. The largest absolute Gasteiger partial charge is 0.350 e. The lowest BCUT2D eigenvalue weighted by Gasteiger charge is -1.99. The molecule has 0 saturated heterocycles. The number of carbonyl (C=O) groups is 1. The minimum absolute atomic E-state index is 0.0554. The number of thiazole rings is 1. The molecule has 0 aliphatic heterocycles. The maximum atomic E-state index is 11.2. The summed E-state index contributed by atoms with van der Waals surface area (Å²) < 4.78 is 0. The van der Waals surface area contributed by atoms with Crippen LogP contribution in [-0.4, -0.2) is 10.9 Å². The van der Waals surface area contributed by atoms with E-state index in [1.54, 1.807) is 11.3 Å². The highest BCUT2D eigenvalue weighted by Gasteiger charge is 2.05. The average molecular weight is 260 g/mol. The van der Waals surface area contributed by atoms with E-state index in [0.717, 1.165) is 16.3 Å². The molecular weight excluding hydrogens is 244 g/mol. The van der Waals surface area contributed by atoms with Gasteiger partial charge in [-0.2, -0.15) is 0 Å². The molecule has 0 spiro atoms. The number of hydrogen-bond donors (Lipinski definition) is 1. The van der Waals surface area contributed by atoms with Gasteiger partial charge in [-0.05, 0) is 6.92 Å². The van der Waals surface area contributed by atoms with Gasteiger partial charge in [0.25, 0.3) is 0 Å². The number of carbonyl (C=O) groups excluding carboxylic acids is 1. The van der Waals surface area contributed by atoms with Gasteiger partial charge in [-0.1, -0.05) is 36.8 Å². The van der Waals surface area contributed by atoms with Crippen LogP contribution in [0.3, 0.4) is 0 Å². The molecule has 2 rings (SSSR count). The van der Waals surface area contributed by atoms with Crippen molar-refractivity contribution in [2.75, 3.05) is 0 Å². The summed E-state index contributed by atoms with van der Waals surface area (Å²) in [5.74, 6) is 0.0554. The monoisotopic (exact) mass is 260 g/mol. The highest BCUT2D eigenvalue weighted by Crippen LogP contribution is 2.23. The number of rotatable bonds is 4. The van der Waals surface area contributed by atoms with Gasteiger partial charge in [0.1, 0.15) is 5.01 Å². The second-order valence-corrected chi connectivity index (χ2v) is 5.00. The predicted octanol–water partition coefficient (Wildman–Crippen LogP) is 3.14. The summed E-state index contributed by atoms with van der Waals surface area (Å²) >= 11 is 1.61. The number of aromatic nitrogens is 1. The van der Waals surface area contributed by atoms with Crippen LogP contribution < -0.4 is 5.32 Å². The molecule has 1 amide bonds. The first-order valence-electron chi connectivity index (χ1n) is 5.97. The van der Waals surface area contributed by atoms with E-state index in [1.165, 1.54) is 5.56 Å². The van der Waals surface area contributed by atoms with E-state index >= 15 is 0 Å². The van der Waals surface area contributed by atoms with Crippen LogP contribution >= 0.6 is 11.3 Å². The predicted molar refractivity (Wildman–Crippen MR) is 74.4 cm³/mol. The first-order chi connectivity index (χ1) is 8.69. The van der Waals surface area contributed by atoms with Crippen LogP contribution in [0.4, 0.5) is 0 Å². The van der Waals surface area contributed by atoms with Crippen molar-refractivity contribution in [2.24, 2.45) is 0 Å². The number of amides is 1. The molecule has 0 unspecified atom stereocenters. The van der Waals surface area contributed by atoms with E-state index in [0.29, 0.717) is 13.0 Å². The quantitative estimate of drug-likeness (QED) is 0.917. The molecule has 1 heterocycles. The summed E-state index contributed by atoms with van der Waals surface area (Å²) in [6.45, 7) is 4.42. The zero-order chi connectivity index (χ0) is 13.0. The van der Waals surface area contributed by atoms with E-state index in [-0.39, 0.29) is 5.91 Å². The molecule has 0 radical (unpaired) electrons. The molecule has 0 atom stereocenters. The summed E-state index contributed by atoms with van der Waals surface area (Å²) in [6, 6.07) is 8.30. The highest BCUT2D eigenvalue weighted by atomic mass is 32.1. The van der Waals surface area contributed by atoms with Gasteiger partial charge in [-0.25, -0.2) is 4.98 Å². The SMILES string of the molecule is CCC(=O)NCc1csc(-c2ccc(C)cc2)n1. The Bertz CT molecular complexity index is 531. The molecule has 0 bridgehead atoms. The lowest BCUT2D eigenvalue weighted by molar-refractivity contribution is -0.120. The lowest BCUT2D eigenvalue weighted by Crippen LogP contribution is -2.21. The normalized spacial score (nSPS) is 10.3. The van der Waals surface area contributed by atoms with E-state index < -0.39 is 0 Å². The molecule has 2 aromatic rings. The Hall–Kier alpha value is -1.68. The summed E-state index contributed by atoms with van der Waals surface area (Å²) in [7, 11) is 0. The third-order valence-electron chi connectivity index (χ3n) is 2.64. The van der Waals surface area contributed by atoms with Crippen LogP contribution in [0.2, 0.25) is 0 Å². The van der Waals surface area contributed by atoms with E-state index in [2.05, 4.69) is 41.5 Å². The minimum atomic E-state index is 0.0554. The molecule has 0 saturated carbocycles. The standard InChI is InChI=1S/C14H16N2OS/c1-3-13(17)15-8-12-9-18-14(16-12)11-6-4-10(2)5-7-11/h4-7,9H,3,8H2,1-2H3,(H,15,17). The van der Waals surface area contributed by atoms with E-state index in [4.69, 9.17) is 0 Å². The number of aryl methyl sites for hydroxylation is 1. The minimum Gasteiger partial charge on any atom is -0.350 e. The van der Waals surface area contributed by atoms with Crippen LogP contribution in [0.5, 0.6) is 0 Å². The molecule has 1 aromatic carbocycles. The fourth-order valence-electron chi connectivity index (χ4n) is 1.53. The van der Waals surface area contributed by atoms with Crippen LogP contribution in [0.15, 0.2) is 29.6 Å². The van der Waals surface area contributed by atoms with Crippen LogP contribution in [-0.2, 0) is 11.3 Å². The topological polar surface area (TPSA) is 42.0 Å². The summed E-state index contributed by atoms with van der Waals surface area (Å²) in [6.07, 6.45) is 0.509. The average Bonchev–Trinajstić information content (AvgIpc) is 2.85. The van der Waals surface area contributed by atoms with Crippen molar-refractivity contribution < 1.29 is 4.79 Å². The van der Waals surface area contributed by atoms with Crippen molar-refractivity contribution in [1.29, 1.82) is 0 Å². The van der Waals surface area contributed by atoms with Gasteiger partial charge in [0.15, 0.2) is 0 Å². The molecule has 0 aliphatic carbocycles. The summed E-state index contributed by atoms with van der Waals surface area (Å²) in [4.78, 5) is 15.7.